The highest BCUT2D eigenvalue weighted by atomic mass is 32.2. The molecule has 0 atom stereocenters. The molecule has 0 fully saturated rings. The highest BCUT2D eigenvalue weighted by molar-refractivity contribution is 7.91. The molecule has 0 aliphatic rings. The third-order valence-electron chi connectivity index (χ3n) is 2.70. The number of hydrogen-bond donors (Lipinski definition) is 2. The fraction of sp³-hybridized carbons (Fsp3) is 0.231. The van der Waals surface area contributed by atoms with Crippen LogP contribution in [0.2, 0.25) is 0 Å². The predicted octanol–water partition coefficient (Wildman–Crippen LogP) is 1.87. The van der Waals surface area contributed by atoms with E-state index < -0.39 is 15.8 Å². The van der Waals surface area contributed by atoms with Crippen molar-refractivity contribution in [1.82, 2.24) is 4.72 Å². The summed E-state index contributed by atoms with van der Waals surface area (Å²) in [5, 5.41) is 0. The first-order chi connectivity index (χ1) is 9.53. The van der Waals surface area contributed by atoms with Crippen molar-refractivity contribution in [2.75, 3.05) is 6.54 Å². The molecule has 0 saturated heterocycles. The molecule has 0 saturated carbocycles. The minimum atomic E-state index is -3.61. The zero-order valence-corrected chi connectivity index (χ0v) is 12.3. The van der Waals surface area contributed by atoms with E-state index in [1.165, 1.54) is 17.4 Å². The normalized spacial score (nSPS) is 11.7. The summed E-state index contributed by atoms with van der Waals surface area (Å²) in [6.07, 6.45) is 0.646. The number of nitrogens with two attached hydrogens (primary N) is 1. The van der Waals surface area contributed by atoms with Crippen LogP contribution >= 0.6 is 11.3 Å². The van der Waals surface area contributed by atoms with Crippen LogP contribution in [0.15, 0.2) is 40.6 Å². The number of benzene rings is 1. The quantitative estimate of drug-likeness (QED) is 0.855. The van der Waals surface area contributed by atoms with Crippen LogP contribution in [0.25, 0.3) is 0 Å². The zero-order valence-electron chi connectivity index (χ0n) is 10.7. The summed E-state index contributed by atoms with van der Waals surface area (Å²) in [6.45, 7) is 0.405. The smallest absolute Gasteiger partial charge is 0.250 e. The molecule has 20 heavy (non-hydrogen) atoms. The first-order valence-corrected chi connectivity index (χ1v) is 8.35. The van der Waals surface area contributed by atoms with Gasteiger partial charge in [-0.15, -0.1) is 11.3 Å². The molecule has 1 heterocycles. The Kier molecular flexibility index (Phi) is 4.87. The molecule has 0 bridgehead atoms. The van der Waals surface area contributed by atoms with Crippen LogP contribution in [0.3, 0.4) is 0 Å². The molecule has 0 aliphatic heterocycles. The van der Waals surface area contributed by atoms with Gasteiger partial charge in [0.05, 0.1) is 0 Å². The van der Waals surface area contributed by atoms with Gasteiger partial charge in [-0.05, 0) is 31.2 Å². The Morgan fingerprint density at radius 3 is 2.65 bits per heavy atom. The number of nitrogens with one attached hydrogen (secondary N) is 1. The van der Waals surface area contributed by atoms with Gasteiger partial charge in [0.1, 0.15) is 10.0 Å². The molecule has 7 heteroatoms. The Morgan fingerprint density at radius 2 is 1.95 bits per heavy atom. The summed E-state index contributed by atoms with van der Waals surface area (Å²) in [6, 6.07) is 9.36. The van der Waals surface area contributed by atoms with Crippen LogP contribution < -0.4 is 10.5 Å². The van der Waals surface area contributed by atoms with Gasteiger partial charge in [0.15, 0.2) is 0 Å². The minimum Gasteiger partial charge on any atom is -0.330 e. The van der Waals surface area contributed by atoms with Crippen LogP contribution in [0.5, 0.6) is 0 Å². The SMILES string of the molecule is NCCc1ccc(S(=O)(=O)NCc2ccccc2F)s1. The van der Waals surface area contributed by atoms with Gasteiger partial charge in [-0.3, -0.25) is 0 Å². The van der Waals surface area contributed by atoms with Crippen molar-refractivity contribution in [3.8, 4) is 0 Å². The van der Waals surface area contributed by atoms with E-state index in [2.05, 4.69) is 4.72 Å². The summed E-state index contributed by atoms with van der Waals surface area (Å²) in [4.78, 5) is 0.916. The molecule has 0 radical (unpaired) electrons. The van der Waals surface area contributed by atoms with E-state index in [4.69, 9.17) is 5.73 Å². The third kappa shape index (κ3) is 3.63. The van der Waals surface area contributed by atoms with E-state index in [-0.39, 0.29) is 10.8 Å². The van der Waals surface area contributed by atoms with Crippen molar-refractivity contribution in [2.45, 2.75) is 17.2 Å². The lowest BCUT2D eigenvalue weighted by Crippen LogP contribution is -2.22. The molecule has 0 spiro atoms. The molecule has 4 nitrogen and oxygen atoms in total. The van der Waals surface area contributed by atoms with Crippen molar-refractivity contribution in [3.05, 3.63) is 52.7 Å². The van der Waals surface area contributed by atoms with Crippen LogP contribution in [0, 0.1) is 5.82 Å². The first kappa shape index (κ1) is 15.1. The number of halogens is 1. The average Bonchev–Trinajstić information content (AvgIpc) is 2.88. The van der Waals surface area contributed by atoms with Crippen molar-refractivity contribution < 1.29 is 12.8 Å². The van der Waals surface area contributed by atoms with E-state index in [0.29, 0.717) is 18.5 Å². The Labute approximate surface area is 121 Å². The van der Waals surface area contributed by atoms with Gasteiger partial charge in [0, 0.05) is 17.0 Å². The Hall–Kier alpha value is -1.28. The maximum atomic E-state index is 13.4. The summed E-state index contributed by atoms with van der Waals surface area (Å²) >= 11 is 1.18. The fourth-order valence-corrected chi connectivity index (χ4v) is 4.09. The standard InChI is InChI=1S/C13H15FN2O2S2/c14-12-4-2-1-3-10(12)9-16-20(17,18)13-6-5-11(19-13)7-8-15/h1-6,16H,7-9,15H2. The first-order valence-electron chi connectivity index (χ1n) is 6.05. The number of sulfonamides is 1. The lowest BCUT2D eigenvalue weighted by Gasteiger charge is -2.05. The van der Waals surface area contributed by atoms with Gasteiger partial charge in [0.25, 0.3) is 0 Å². The second-order valence-corrected chi connectivity index (χ2v) is 7.34. The second-order valence-electron chi connectivity index (χ2n) is 4.18. The molecule has 1 aromatic carbocycles. The zero-order chi connectivity index (χ0) is 14.6. The van der Waals surface area contributed by atoms with Gasteiger partial charge in [-0.25, -0.2) is 17.5 Å². The Balaban J connectivity index is 2.09. The highest BCUT2D eigenvalue weighted by Crippen LogP contribution is 2.22. The topological polar surface area (TPSA) is 72.2 Å². The van der Waals surface area contributed by atoms with Crippen molar-refractivity contribution >= 4 is 21.4 Å². The van der Waals surface area contributed by atoms with Crippen molar-refractivity contribution in [2.24, 2.45) is 5.73 Å². The molecule has 2 aromatic rings. The highest BCUT2D eigenvalue weighted by Gasteiger charge is 2.17. The predicted molar refractivity (Wildman–Crippen MR) is 77.5 cm³/mol. The lowest BCUT2D eigenvalue weighted by molar-refractivity contribution is 0.576. The molecule has 0 unspecified atom stereocenters. The summed E-state index contributed by atoms with van der Waals surface area (Å²) < 4.78 is 40.2. The lowest BCUT2D eigenvalue weighted by atomic mass is 10.2. The van der Waals surface area contributed by atoms with E-state index in [1.54, 1.807) is 30.3 Å². The largest absolute Gasteiger partial charge is 0.330 e. The summed E-state index contributed by atoms with van der Waals surface area (Å²) in [5.41, 5.74) is 5.74. The molecule has 1 aromatic heterocycles. The van der Waals surface area contributed by atoms with E-state index in [9.17, 15) is 12.8 Å². The number of thiophene rings is 1. The molecule has 3 N–H and O–H groups in total. The maximum Gasteiger partial charge on any atom is 0.250 e. The van der Waals surface area contributed by atoms with Crippen molar-refractivity contribution in [3.63, 3.8) is 0 Å². The van der Waals surface area contributed by atoms with Crippen LogP contribution in [0.4, 0.5) is 4.39 Å². The molecular weight excluding hydrogens is 299 g/mol. The molecular formula is C13H15FN2O2S2. The van der Waals surface area contributed by atoms with Crippen molar-refractivity contribution in [1.29, 1.82) is 0 Å². The van der Waals surface area contributed by atoms with Gasteiger partial charge >= 0.3 is 0 Å². The Morgan fingerprint density at radius 1 is 1.20 bits per heavy atom. The Bertz CT molecular complexity index is 683. The van der Waals surface area contributed by atoms with Gasteiger partial charge < -0.3 is 5.73 Å². The van der Waals surface area contributed by atoms with E-state index in [0.717, 1.165) is 4.88 Å². The van der Waals surface area contributed by atoms with E-state index >= 15 is 0 Å². The average molecular weight is 314 g/mol. The number of hydrogen-bond acceptors (Lipinski definition) is 4. The van der Waals surface area contributed by atoms with Crippen LogP contribution in [0.1, 0.15) is 10.4 Å². The van der Waals surface area contributed by atoms with Gasteiger partial charge in [0.2, 0.25) is 10.0 Å². The molecule has 2 rings (SSSR count). The minimum absolute atomic E-state index is 0.0703. The third-order valence-corrected chi connectivity index (χ3v) is 5.74. The monoisotopic (exact) mass is 314 g/mol. The van der Waals surface area contributed by atoms with Gasteiger partial charge in [-0.2, -0.15) is 0 Å². The van der Waals surface area contributed by atoms with Crippen LogP contribution in [-0.2, 0) is 23.0 Å². The number of rotatable bonds is 6. The van der Waals surface area contributed by atoms with Gasteiger partial charge in [-0.1, -0.05) is 18.2 Å². The van der Waals surface area contributed by atoms with E-state index in [1.807, 2.05) is 0 Å². The summed E-state index contributed by atoms with van der Waals surface area (Å²) in [5.74, 6) is -0.426. The molecule has 108 valence electrons. The second kappa shape index (κ2) is 6.45. The molecule has 0 aliphatic carbocycles. The maximum absolute atomic E-state index is 13.4. The fourth-order valence-electron chi connectivity index (χ4n) is 1.66. The molecule has 0 amide bonds. The van der Waals surface area contributed by atoms with Crippen LogP contribution in [-0.4, -0.2) is 15.0 Å². The summed E-state index contributed by atoms with van der Waals surface area (Å²) in [7, 11) is -3.61.